The van der Waals surface area contributed by atoms with E-state index in [9.17, 15) is 10.1 Å². The summed E-state index contributed by atoms with van der Waals surface area (Å²) in [6, 6.07) is 37.3. The number of non-ortho nitro benzene ring substituents is 1. The van der Waals surface area contributed by atoms with E-state index in [0.717, 1.165) is 22.3 Å². The van der Waals surface area contributed by atoms with Crippen LogP contribution in [0.4, 0.5) is 5.69 Å². The van der Waals surface area contributed by atoms with E-state index < -0.39 is 5.60 Å². The van der Waals surface area contributed by atoms with Crippen LogP contribution in [-0.4, -0.2) is 11.5 Å². The highest BCUT2D eigenvalue weighted by Gasteiger charge is 2.37. The zero-order valence-electron chi connectivity index (χ0n) is 17.1. The van der Waals surface area contributed by atoms with Gasteiger partial charge in [0.25, 0.3) is 5.69 Å². The SMILES string of the molecule is O=[N+]([O-])c1ccc(CCOC(c2ccccc2)(c2ccccc2)c2ccccc2)cc1. The Morgan fingerprint density at radius 2 is 1.06 bits per heavy atom. The molecule has 154 valence electrons. The summed E-state index contributed by atoms with van der Waals surface area (Å²) >= 11 is 0. The molecule has 4 heteroatoms. The molecule has 4 nitrogen and oxygen atoms in total. The van der Waals surface area contributed by atoms with Crippen LogP contribution in [0.1, 0.15) is 22.3 Å². The molecule has 31 heavy (non-hydrogen) atoms. The van der Waals surface area contributed by atoms with Crippen LogP contribution in [0.3, 0.4) is 0 Å². The lowest BCUT2D eigenvalue weighted by atomic mass is 9.80. The molecule has 0 aliphatic heterocycles. The van der Waals surface area contributed by atoms with Crippen molar-refractivity contribution in [3.8, 4) is 0 Å². The summed E-state index contributed by atoms with van der Waals surface area (Å²) in [5, 5.41) is 10.9. The molecule has 0 amide bonds. The molecule has 0 N–H and O–H groups in total. The van der Waals surface area contributed by atoms with E-state index in [1.165, 1.54) is 12.1 Å². The van der Waals surface area contributed by atoms with Crippen molar-refractivity contribution in [2.75, 3.05) is 6.61 Å². The predicted octanol–water partition coefficient (Wildman–Crippen LogP) is 6.15. The van der Waals surface area contributed by atoms with Gasteiger partial charge in [-0.1, -0.05) is 103 Å². The second kappa shape index (κ2) is 9.37. The second-order valence-electron chi connectivity index (χ2n) is 7.30. The maximum Gasteiger partial charge on any atom is 0.269 e. The molecule has 0 aromatic heterocycles. The van der Waals surface area contributed by atoms with Crippen LogP contribution < -0.4 is 0 Å². The van der Waals surface area contributed by atoms with Gasteiger partial charge in [0.15, 0.2) is 0 Å². The standard InChI is InChI=1S/C27H23NO3/c29-28(30)26-18-16-22(17-19-26)20-21-31-27(23-10-4-1-5-11-23,24-12-6-2-7-13-24)25-14-8-3-9-15-25/h1-19H,20-21H2. The summed E-state index contributed by atoms with van der Waals surface area (Å²) in [6.07, 6.45) is 0.645. The van der Waals surface area contributed by atoms with E-state index in [2.05, 4.69) is 36.4 Å². The summed E-state index contributed by atoms with van der Waals surface area (Å²) in [5.74, 6) is 0. The van der Waals surface area contributed by atoms with Crippen molar-refractivity contribution in [3.05, 3.63) is 148 Å². The Morgan fingerprint density at radius 1 is 0.645 bits per heavy atom. The first-order valence-corrected chi connectivity index (χ1v) is 10.2. The molecule has 0 unspecified atom stereocenters. The van der Waals surface area contributed by atoms with Gasteiger partial charge in [-0.15, -0.1) is 0 Å². The molecule has 0 saturated carbocycles. The van der Waals surface area contributed by atoms with Crippen LogP contribution in [0.15, 0.2) is 115 Å². The summed E-state index contributed by atoms with van der Waals surface area (Å²) in [7, 11) is 0. The molecule has 0 spiro atoms. The largest absolute Gasteiger partial charge is 0.360 e. The maximum atomic E-state index is 10.9. The second-order valence-corrected chi connectivity index (χ2v) is 7.30. The van der Waals surface area contributed by atoms with Gasteiger partial charge in [0.05, 0.1) is 11.5 Å². The van der Waals surface area contributed by atoms with Crippen LogP contribution in [0.5, 0.6) is 0 Å². The fourth-order valence-corrected chi connectivity index (χ4v) is 3.87. The first-order valence-electron chi connectivity index (χ1n) is 10.2. The van der Waals surface area contributed by atoms with Crippen molar-refractivity contribution in [1.82, 2.24) is 0 Å². The predicted molar refractivity (Wildman–Crippen MR) is 122 cm³/mol. The molecule has 0 bridgehead atoms. The fourth-order valence-electron chi connectivity index (χ4n) is 3.87. The van der Waals surface area contributed by atoms with Crippen LogP contribution in [0.2, 0.25) is 0 Å². The first-order chi connectivity index (χ1) is 15.2. The normalized spacial score (nSPS) is 11.2. The first kappa shape index (κ1) is 20.5. The minimum absolute atomic E-state index is 0.0943. The van der Waals surface area contributed by atoms with Gasteiger partial charge in [-0.3, -0.25) is 10.1 Å². The molecule has 4 aromatic rings. The van der Waals surface area contributed by atoms with E-state index in [4.69, 9.17) is 4.74 Å². The molecule has 4 aromatic carbocycles. The van der Waals surface area contributed by atoms with Crippen molar-refractivity contribution in [2.45, 2.75) is 12.0 Å². The van der Waals surface area contributed by atoms with E-state index >= 15 is 0 Å². The smallest absolute Gasteiger partial charge is 0.269 e. The summed E-state index contributed by atoms with van der Waals surface area (Å²) in [5.41, 5.74) is 3.48. The van der Waals surface area contributed by atoms with Crippen molar-refractivity contribution in [2.24, 2.45) is 0 Å². The monoisotopic (exact) mass is 409 g/mol. The molecule has 0 atom stereocenters. The Bertz CT molecular complexity index is 1010. The van der Waals surface area contributed by atoms with Crippen LogP contribution in [-0.2, 0) is 16.8 Å². The van der Waals surface area contributed by atoms with Crippen LogP contribution in [0, 0.1) is 10.1 Å². The quantitative estimate of drug-likeness (QED) is 0.199. The third-order valence-corrected chi connectivity index (χ3v) is 5.40. The van der Waals surface area contributed by atoms with Crippen molar-refractivity contribution >= 4 is 5.69 Å². The number of nitrogens with zero attached hydrogens (tertiary/aromatic N) is 1. The van der Waals surface area contributed by atoms with Gasteiger partial charge in [0.1, 0.15) is 5.60 Å². The van der Waals surface area contributed by atoms with Gasteiger partial charge in [-0.25, -0.2) is 0 Å². The molecule has 0 saturated heterocycles. The Balaban J connectivity index is 1.71. The molecule has 0 aliphatic rings. The Hall–Kier alpha value is -3.76. The van der Waals surface area contributed by atoms with Gasteiger partial charge in [0, 0.05) is 12.1 Å². The maximum absolute atomic E-state index is 10.9. The lowest BCUT2D eigenvalue weighted by Gasteiger charge is -2.36. The van der Waals surface area contributed by atoms with E-state index in [1.807, 2.05) is 54.6 Å². The molecule has 0 aliphatic carbocycles. The van der Waals surface area contributed by atoms with E-state index in [-0.39, 0.29) is 10.6 Å². The summed E-state index contributed by atoms with van der Waals surface area (Å²) in [4.78, 5) is 10.5. The van der Waals surface area contributed by atoms with Gasteiger partial charge < -0.3 is 4.74 Å². The highest BCUT2D eigenvalue weighted by atomic mass is 16.6. The Kier molecular flexibility index (Phi) is 6.20. The molecule has 4 rings (SSSR count). The van der Waals surface area contributed by atoms with E-state index in [0.29, 0.717) is 13.0 Å². The number of ether oxygens (including phenoxy) is 1. The van der Waals surface area contributed by atoms with Crippen LogP contribution >= 0.6 is 0 Å². The number of nitro groups is 1. The average molecular weight is 409 g/mol. The molecule has 0 radical (unpaired) electrons. The zero-order valence-corrected chi connectivity index (χ0v) is 17.1. The fraction of sp³-hybridized carbons (Fsp3) is 0.111. The minimum atomic E-state index is -0.759. The Labute approximate surface area is 181 Å². The average Bonchev–Trinajstić information content (AvgIpc) is 2.84. The Morgan fingerprint density at radius 3 is 1.45 bits per heavy atom. The highest BCUT2D eigenvalue weighted by Crippen LogP contribution is 2.40. The zero-order chi connectivity index (χ0) is 21.5. The van der Waals surface area contributed by atoms with Gasteiger partial charge in [0.2, 0.25) is 0 Å². The molecule has 0 fully saturated rings. The lowest BCUT2D eigenvalue weighted by molar-refractivity contribution is -0.384. The number of rotatable bonds is 8. The molecular weight excluding hydrogens is 386 g/mol. The van der Waals surface area contributed by atoms with Gasteiger partial charge >= 0.3 is 0 Å². The number of hydrogen-bond acceptors (Lipinski definition) is 3. The van der Waals surface area contributed by atoms with Crippen molar-refractivity contribution < 1.29 is 9.66 Å². The molecular formula is C27H23NO3. The third-order valence-electron chi connectivity index (χ3n) is 5.40. The third kappa shape index (κ3) is 4.39. The lowest BCUT2D eigenvalue weighted by Crippen LogP contribution is -2.33. The summed E-state index contributed by atoms with van der Waals surface area (Å²) < 4.78 is 6.74. The number of nitro benzene ring substituents is 1. The van der Waals surface area contributed by atoms with Gasteiger partial charge in [-0.2, -0.15) is 0 Å². The van der Waals surface area contributed by atoms with Gasteiger partial charge in [-0.05, 0) is 28.7 Å². The number of benzene rings is 4. The minimum Gasteiger partial charge on any atom is -0.360 e. The van der Waals surface area contributed by atoms with Crippen LogP contribution in [0.25, 0.3) is 0 Å². The van der Waals surface area contributed by atoms with Crippen molar-refractivity contribution in [1.29, 1.82) is 0 Å². The van der Waals surface area contributed by atoms with E-state index in [1.54, 1.807) is 12.1 Å². The summed E-state index contributed by atoms with van der Waals surface area (Å²) in [6.45, 7) is 0.455. The highest BCUT2D eigenvalue weighted by molar-refractivity contribution is 5.47. The topological polar surface area (TPSA) is 52.4 Å². The number of hydrogen-bond donors (Lipinski definition) is 0. The molecule has 0 heterocycles. The van der Waals surface area contributed by atoms with Crippen molar-refractivity contribution in [3.63, 3.8) is 0 Å².